The van der Waals surface area contributed by atoms with Crippen molar-refractivity contribution in [1.82, 2.24) is 10.2 Å². The van der Waals surface area contributed by atoms with Gasteiger partial charge in [0, 0.05) is 19.6 Å². The number of carbonyl (C=O) groups is 2. The van der Waals surface area contributed by atoms with E-state index in [1.165, 1.54) is 7.11 Å². The largest absolute Gasteiger partial charge is 0.492 e. The number of hydrogen-bond donors (Lipinski definition) is 1. The van der Waals surface area contributed by atoms with Gasteiger partial charge in [0.15, 0.2) is 0 Å². The molecule has 1 heterocycles. The van der Waals surface area contributed by atoms with E-state index in [-0.39, 0.29) is 17.4 Å². The zero-order valence-electron chi connectivity index (χ0n) is 18.6. The molecule has 170 valence electrons. The third-order valence-electron chi connectivity index (χ3n) is 6.55. The number of para-hydroxylation sites is 1. The maximum Gasteiger partial charge on any atom is 0.337 e. The van der Waals surface area contributed by atoms with Crippen LogP contribution in [0.2, 0.25) is 0 Å². The predicted molar refractivity (Wildman–Crippen MR) is 120 cm³/mol. The number of nitrogens with one attached hydrogen (secondary N) is 1. The van der Waals surface area contributed by atoms with Crippen LogP contribution in [0.15, 0.2) is 54.6 Å². The third kappa shape index (κ3) is 4.49. The first-order chi connectivity index (χ1) is 15.5. The average molecular weight is 439 g/mol. The molecule has 4 rings (SSSR count). The van der Waals surface area contributed by atoms with Gasteiger partial charge in [-0.05, 0) is 49.7 Å². The standard InChI is InChI=1S/C25H30N2O5/c1-27(15-17-32-21-6-4-3-5-7-21)25(14-16-31-18-25)23(29)26-24(12-13-24)20-10-8-19(9-11-20)22(28)30-2/h3-11H,12-18H2,1-2H3,(H,26,29). The van der Waals surface area contributed by atoms with Crippen LogP contribution in [0.4, 0.5) is 0 Å². The molecule has 1 unspecified atom stereocenters. The highest BCUT2D eigenvalue weighted by atomic mass is 16.5. The molecule has 2 aromatic carbocycles. The Kier molecular flexibility index (Phi) is 6.48. The van der Waals surface area contributed by atoms with E-state index in [2.05, 4.69) is 10.2 Å². The lowest BCUT2D eigenvalue weighted by atomic mass is 9.93. The first-order valence-corrected chi connectivity index (χ1v) is 11.0. The summed E-state index contributed by atoms with van der Waals surface area (Å²) >= 11 is 0. The number of amides is 1. The molecule has 1 saturated heterocycles. The Morgan fingerprint density at radius 3 is 2.38 bits per heavy atom. The Morgan fingerprint density at radius 1 is 1.06 bits per heavy atom. The van der Waals surface area contributed by atoms with E-state index in [1.807, 2.05) is 49.5 Å². The second-order valence-corrected chi connectivity index (χ2v) is 8.52. The highest BCUT2D eigenvalue weighted by molar-refractivity contribution is 5.90. The van der Waals surface area contributed by atoms with E-state index in [1.54, 1.807) is 12.1 Å². The smallest absolute Gasteiger partial charge is 0.337 e. The van der Waals surface area contributed by atoms with Gasteiger partial charge in [-0.3, -0.25) is 9.69 Å². The van der Waals surface area contributed by atoms with E-state index >= 15 is 0 Å². The monoisotopic (exact) mass is 438 g/mol. The van der Waals surface area contributed by atoms with Crippen molar-refractivity contribution in [2.24, 2.45) is 0 Å². The molecule has 1 N–H and O–H groups in total. The molecular weight excluding hydrogens is 408 g/mol. The van der Waals surface area contributed by atoms with Gasteiger partial charge in [0.2, 0.25) is 5.91 Å². The molecule has 1 atom stereocenters. The maximum atomic E-state index is 13.5. The molecule has 1 aliphatic carbocycles. The number of likely N-dealkylation sites (N-methyl/N-ethyl adjacent to an activating group) is 1. The number of benzene rings is 2. The molecule has 2 aliphatic rings. The van der Waals surface area contributed by atoms with Crippen molar-refractivity contribution in [3.63, 3.8) is 0 Å². The normalized spacial score (nSPS) is 21.2. The molecule has 7 nitrogen and oxygen atoms in total. The maximum absolute atomic E-state index is 13.5. The van der Waals surface area contributed by atoms with Gasteiger partial charge >= 0.3 is 5.97 Å². The van der Waals surface area contributed by atoms with Gasteiger partial charge in [0.25, 0.3) is 0 Å². The van der Waals surface area contributed by atoms with Crippen LogP contribution in [0, 0.1) is 0 Å². The van der Waals surface area contributed by atoms with Gasteiger partial charge in [0.05, 0.1) is 24.8 Å². The summed E-state index contributed by atoms with van der Waals surface area (Å²) in [7, 11) is 3.32. The van der Waals surface area contributed by atoms with E-state index in [9.17, 15) is 9.59 Å². The summed E-state index contributed by atoms with van der Waals surface area (Å²) in [6, 6.07) is 16.9. The molecule has 1 aliphatic heterocycles. The SMILES string of the molecule is COC(=O)c1ccc(C2(NC(=O)C3(N(C)CCOc4ccccc4)CCOC3)CC2)cc1. The van der Waals surface area contributed by atoms with Crippen molar-refractivity contribution in [2.75, 3.05) is 40.5 Å². The van der Waals surface area contributed by atoms with E-state index in [0.717, 1.165) is 24.2 Å². The van der Waals surface area contributed by atoms with Crippen molar-refractivity contribution >= 4 is 11.9 Å². The van der Waals surface area contributed by atoms with Crippen LogP contribution in [-0.2, 0) is 19.8 Å². The van der Waals surface area contributed by atoms with Gasteiger partial charge in [-0.15, -0.1) is 0 Å². The quantitative estimate of drug-likeness (QED) is 0.607. The molecule has 0 bridgehead atoms. The summed E-state index contributed by atoms with van der Waals surface area (Å²) in [5.41, 5.74) is 0.393. The molecule has 0 spiro atoms. The van der Waals surface area contributed by atoms with Gasteiger partial charge < -0.3 is 19.5 Å². The van der Waals surface area contributed by atoms with Crippen molar-refractivity contribution in [3.8, 4) is 5.75 Å². The topological polar surface area (TPSA) is 77.1 Å². The molecule has 7 heteroatoms. The Balaban J connectivity index is 1.42. The van der Waals surface area contributed by atoms with Crippen molar-refractivity contribution in [3.05, 3.63) is 65.7 Å². The van der Waals surface area contributed by atoms with Crippen molar-refractivity contribution in [1.29, 1.82) is 0 Å². The zero-order valence-corrected chi connectivity index (χ0v) is 18.6. The Bertz CT molecular complexity index is 935. The fourth-order valence-electron chi connectivity index (χ4n) is 4.23. The minimum Gasteiger partial charge on any atom is -0.492 e. The lowest BCUT2D eigenvalue weighted by Crippen LogP contribution is -2.60. The molecule has 1 saturated carbocycles. The highest BCUT2D eigenvalue weighted by Crippen LogP contribution is 2.46. The van der Waals surface area contributed by atoms with Gasteiger partial charge in [-0.25, -0.2) is 4.79 Å². The molecule has 0 aromatic heterocycles. The van der Waals surface area contributed by atoms with E-state index in [0.29, 0.717) is 38.3 Å². The van der Waals surface area contributed by atoms with Crippen LogP contribution in [0.5, 0.6) is 5.75 Å². The molecule has 32 heavy (non-hydrogen) atoms. The van der Waals surface area contributed by atoms with E-state index in [4.69, 9.17) is 14.2 Å². The van der Waals surface area contributed by atoms with Gasteiger partial charge in [0.1, 0.15) is 17.9 Å². The first kappa shape index (κ1) is 22.3. The first-order valence-electron chi connectivity index (χ1n) is 11.0. The van der Waals surface area contributed by atoms with Crippen LogP contribution in [0.25, 0.3) is 0 Å². The average Bonchev–Trinajstić information content (AvgIpc) is 3.42. The molecular formula is C25H30N2O5. The van der Waals surface area contributed by atoms with Crippen molar-refractivity contribution in [2.45, 2.75) is 30.3 Å². The summed E-state index contributed by atoms with van der Waals surface area (Å²) in [6.07, 6.45) is 2.38. The predicted octanol–water partition coefficient (Wildman–Crippen LogP) is 2.75. The lowest BCUT2D eigenvalue weighted by molar-refractivity contribution is -0.134. The number of methoxy groups -OCH3 is 1. The Hall–Kier alpha value is -2.90. The fraction of sp³-hybridized carbons (Fsp3) is 0.440. The summed E-state index contributed by atoms with van der Waals surface area (Å²) in [5.74, 6) is 0.424. The molecule has 1 amide bonds. The van der Waals surface area contributed by atoms with Crippen molar-refractivity contribution < 1.29 is 23.8 Å². The number of nitrogens with zero attached hydrogens (tertiary/aromatic N) is 1. The third-order valence-corrected chi connectivity index (χ3v) is 6.55. The van der Waals surface area contributed by atoms with Crippen LogP contribution in [-0.4, -0.2) is 62.8 Å². The highest BCUT2D eigenvalue weighted by Gasteiger charge is 2.52. The molecule has 0 radical (unpaired) electrons. The second kappa shape index (κ2) is 9.30. The summed E-state index contributed by atoms with van der Waals surface area (Å²) in [4.78, 5) is 27.3. The van der Waals surface area contributed by atoms with Gasteiger partial charge in [-0.2, -0.15) is 0 Å². The molecule has 2 aromatic rings. The van der Waals surface area contributed by atoms with E-state index < -0.39 is 5.54 Å². The van der Waals surface area contributed by atoms with Crippen LogP contribution < -0.4 is 10.1 Å². The van der Waals surface area contributed by atoms with Crippen LogP contribution in [0.1, 0.15) is 35.2 Å². The Morgan fingerprint density at radius 2 is 1.78 bits per heavy atom. The lowest BCUT2D eigenvalue weighted by Gasteiger charge is -2.37. The number of esters is 1. The van der Waals surface area contributed by atoms with Gasteiger partial charge in [-0.1, -0.05) is 30.3 Å². The number of ether oxygens (including phenoxy) is 3. The zero-order chi connectivity index (χ0) is 22.6. The molecule has 2 fully saturated rings. The number of hydrogen-bond acceptors (Lipinski definition) is 6. The fourth-order valence-corrected chi connectivity index (χ4v) is 4.23. The van der Waals surface area contributed by atoms with Crippen LogP contribution >= 0.6 is 0 Å². The minimum absolute atomic E-state index is 0.0215. The number of rotatable bonds is 9. The summed E-state index contributed by atoms with van der Waals surface area (Å²) < 4.78 is 16.3. The Labute approximate surface area is 188 Å². The minimum atomic E-state index is -0.721. The second-order valence-electron chi connectivity index (χ2n) is 8.52. The number of carbonyl (C=O) groups excluding carboxylic acids is 2. The summed E-state index contributed by atoms with van der Waals surface area (Å²) in [5, 5.41) is 3.30. The summed E-state index contributed by atoms with van der Waals surface area (Å²) in [6.45, 7) is 2.00. The van der Waals surface area contributed by atoms with Crippen LogP contribution in [0.3, 0.4) is 0 Å².